The highest BCUT2D eigenvalue weighted by atomic mass is 16.6. The van der Waals surface area contributed by atoms with Crippen molar-refractivity contribution in [3.8, 4) is 0 Å². The van der Waals surface area contributed by atoms with E-state index in [2.05, 4.69) is 5.43 Å². The normalized spacial score (nSPS) is 21.0. The molecule has 0 heterocycles. The molecule has 138 valence electrons. The van der Waals surface area contributed by atoms with E-state index in [1.807, 2.05) is 56.1 Å². The third-order valence-corrected chi connectivity index (χ3v) is 4.32. The predicted molar refractivity (Wildman–Crippen MR) is 94.7 cm³/mol. The lowest BCUT2D eigenvalue weighted by molar-refractivity contribution is -0.143. The van der Waals surface area contributed by atoms with Gasteiger partial charge in [-0.15, -0.1) is 0 Å². The molecule has 25 heavy (non-hydrogen) atoms. The number of nitrogens with zero attached hydrogens (tertiary/aromatic N) is 1. The lowest BCUT2D eigenvalue weighted by Gasteiger charge is -2.36. The van der Waals surface area contributed by atoms with E-state index in [4.69, 9.17) is 9.84 Å². The van der Waals surface area contributed by atoms with Gasteiger partial charge in [0.25, 0.3) is 0 Å². The number of rotatable bonds is 5. The molecule has 1 fully saturated rings. The molecule has 6 nitrogen and oxygen atoms in total. The fourth-order valence-corrected chi connectivity index (χ4v) is 3.09. The second kappa shape index (κ2) is 8.34. The van der Waals surface area contributed by atoms with Crippen LogP contribution in [0.15, 0.2) is 30.3 Å². The maximum atomic E-state index is 12.2. The van der Waals surface area contributed by atoms with E-state index in [0.717, 1.165) is 18.4 Å². The van der Waals surface area contributed by atoms with Crippen LogP contribution < -0.4 is 5.43 Å². The van der Waals surface area contributed by atoms with Gasteiger partial charge in [-0.3, -0.25) is 10.2 Å². The highest BCUT2D eigenvalue weighted by Gasteiger charge is 2.31. The minimum absolute atomic E-state index is 0.100. The first-order valence-corrected chi connectivity index (χ1v) is 8.77. The summed E-state index contributed by atoms with van der Waals surface area (Å²) in [5.41, 5.74) is 3.38. The molecule has 0 saturated heterocycles. The fraction of sp³-hybridized carbons (Fsp3) is 0.579. The number of aliphatic carboxylic acids is 1. The second-order valence-electron chi connectivity index (χ2n) is 7.57. The molecule has 1 aromatic rings. The van der Waals surface area contributed by atoms with Gasteiger partial charge in [-0.05, 0) is 52.0 Å². The molecular weight excluding hydrogens is 320 g/mol. The molecule has 1 aliphatic rings. The summed E-state index contributed by atoms with van der Waals surface area (Å²) in [7, 11) is 0. The third kappa shape index (κ3) is 6.38. The van der Waals surface area contributed by atoms with Crippen LogP contribution >= 0.6 is 0 Å². The summed E-state index contributed by atoms with van der Waals surface area (Å²) in [6, 6.07) is 9.99. The number of benzene rings is 1. The summed E-state index contributed by atoms with van der Waals surface area (Å²) < 4.78 is 5.37. The highest BCUT2D eigenvalue weighted by molar-refractivity contribution is 5.70. The number of hydrazine groups is 1. The second-order valence-corrected chi connectivity index (χ2v) is 7.57. The summed E-state index contributed by atoms with van der Waals surface area (Å²) in [4.78, 5) is 23.4. The molecule has 0 aliphatic heterocycles. The molecule has 0 unspecified atom stereocenters. The monoisotopic (exact) mass is 348 g/mol. The zero-order valence-corrected chi connectivity index (χ0v) is 15.2. The number of hydrogen-bond acceptors (Lipinski definition) is 4. The third-order valence-electron chi connectivity index (χ3n) is 4.32. The Bertz CT molecular complexity index is 575. The van der Waals surface area contributed by atoms with Crippen LogP contribution in [-0.4, -0.2) is 33.8 Å². The lowest BCUT2D eigenvalue weighted by Crippen LogP contribution is -2.50. The Morgan fingerprint density at radius 3 is 2.28 bits per heavy atom. The molecule has 6 heteroatoms. The average Bonchev–Trinajstić information content (AvgIpc) is 2.53. The molecule has 2 N–H and O–H groups in total. The van der Waals surface area contributed by atoms with E-state index in [0.29, 0.717) is 19.4 Å². The minimum Gasteiger partial charge on any atom is -0.481 e. The fourth-order valence-electron chi connectivity index (χ4n) is 3.09. The number of carboxylic acids is 1. The van der Waals surface area contributed by atoms with Gasteiger partial charge in [0.2, 0.25) is 0 Å². The van der Waals surface area contributed by atoms with Crippen LogP contribution in [0.25, 0.3) is 0 Å². The van der Waals surface area contributed by atoms with Crippen LogP contribution in [-0.2, 0) is 16.1 Å². The summed E-state index contributed by atoms with van der Waals surface area (Å²) >= 11 is 0. The Labute approximate surface area is 149 Å². The van der Waals surface area contributed by atoms with Crippen molar-refractivity contribution in [2.45, 2.75) is 64.6 Å². The maximum absolute atomic E-state index is 12.2. The molecule has 0 atom stereocenters. The van der Waals surface area contributed by atoms with Crippen LogP contribution in [0.3, 0.4) is 0 Å². The zero-order chi connectivity index (χ0) is 18.4. The number of carboxylic acid groups (broad SMARTS) is 1. The van der Waals surface area contributed by atoms with Crippen LogP contribution in [0.4, 0.5) is 4.79 Å². The van der Waals surface area contributed by atoms with Crippen molar-refractivity contribution in [2.75, 3.05) is 0 Å². The lowest BCUT2D eigenvalue weighted by atomic mass is 9.86. The number of carbonyl (C=O) groups excluding carboxylic acids is 1. The molecule has 1 amide bonds. The van der Waals surface area contributed by atoms with E-state index in [1.54, 1.807) is 0 Å². The Hall–Kier alpha value is -2.08. The molecule has 0 spiro atoms. The van der Waals surface area contributed by atoms with Gasteiger partial charge in [-0.25, -0.2) is 9.80 Å². The first-order chi connectivity index (χ1) is 11.7. The van der Waals surface area contributed by atoms with Gasteiger partial charge in [-0.1, -0.05) is 30.3 Å². The van der Waals surface area contributed by atoms with E-state index >= 15 is 0 Å². The Morgan fingerprint density at radius 1 is 1.16 bits per heavy atom. The van der Waals surface area contributed by atoms with Crippen molar-refractivity contribution in [3.05, 3.63) is 35.9 Å². The van der Waals surface area contributed by atoms with Gasteiger partial charge in [0, 0.05) is 12.6 Å². The first-order valence-electron chi connectivity index (χ1n) is 8.77. The number of amides is 1. The number of carbonyl (C=O) groups is 2. The van der Waals surface area contributed by atoms with E-state index < -0.39 is 17.7 Å². The zero-order valence-electron chi connectivity index (χ0n) is 15.2. The van der Waals surface area contributed by atoms with E-state index in [9.17, 15) is 9.59 Å². The minimum atomic E-state index is -0.729. The molecule has 0 aromatic heterocycles. The predicted octanol–water partition coefficient (Wildman–Crippen LogP) is 3.57. The molecule has 1 saturated carbocycles. The maximum Gasteiger partial charge on any atom is 0.422 e. The Kier molecular flexibility index (Phi) is 6.42. The summed E-state index contributed by atoms with van der Waals surface area (Å²) in [6.07, 6.45) is 2.24. The molecule has 2 rings (SSSR count). The Balaban J connectivity index is 2.04. The molecular formula is C19H28N2O4. The van der Waals surface area contributed by atoms with Crippen molar-refractivity contribution < 1.29 is 19.4 Å². The van der Waals surface area contributed by atoms with Gasteiger partial charge in [0.05, 0.1) is 5.92 Å². The van der Waals surface area contributed by atoms with Crippen molar-refractivity contribution >= 4 is 12.1 Å². The van der Waals surface area contributed by atoms with Crippen LogP contribution in [0.2, 0.25) is 0 Å². The van der Waals surface area contributed by atoms with Crippen molar-refractivity contribution in [2.24, 2.45) is 5.92 Å². The quantitative estimate of drug-likeness (QED) is 0.795. The van der Waals surface area contributed by atoms with Crippen molar-refractivity contribution in [3.63, 3.8) is 0 Å². The van der Waals surface area contributed by atoms with Crippen LogP contribution in [0, 0.1) is 5.92 Å². The molecule has 1 aliphatic carbocycles. The topological polar surface area (TPSA) is 78.9 Å². The smallest absolute Gasteiger partial charge is 0.422 e. The van der Waals surface area contributed by atoms with E-state index in [-0.39, 0.29) is 12.0 Å². The number of hydrogen-bond donors (Lipinski definition) is 2. The van der Waals surface area contributed by atoms with Gasteiger partial charge >= 0.3 is 12.1 Å². The molecule has 0 bridgehead atoms. The highest BCUT2D eigenvalue weighted by Crippen LogP contribution is 2.28. The average molecular weight is 348 g/mol. The summed E-state index contributed by atoms with van der Waals surface area (Å²) in [6.45, 7) is 6.03. The molecule has 0 radical (unpaired) electrons. The van der Waals surface area contributed by atoms with Gasteiger partial charge in [0.1, 0.15) is 5.60 Å². The van der Waals surface area contributed by atoms with Crippen LogP contribution in [0.1, 0.15) is 52.0 Å². The van der Waals surface area contributed by atoms with Crippen LogP contribution in [0.5, 0.6) is 0 Å². The van der Waals surface area contributed by atoms with E-state index in [1.165, 1.54) is 0 Å². The molecule has 1 aromatic carbocycles. The van der Waals surface area contributed by atoms with Gasteiger partial charge < -0.3 is 9.84 Å². The van der Waals surface area contributed by atoms with Gasteiger partial charge in [-0.2, -0.15) is 0 Å². The largest absolute Gasteiger partial charge is 0.481 e. The SMILES string of the molecule is CC(C)(C)OC(=O)NN(Cc1ccccc1)C1CCC(C(=O)O)CC1. The standard InChI is InChI=1S/C19H28N2O4/c1-19(2,3)25-18(24)20-21(13-14-7-5-4-6-8-14)16-11-9-15(10-12-16)17(22)23/h4-8,15-16H,9-13H2,1-3H3,(H,20,24)(H,22,23). The Morgan fingerprint density at radius 2 is 1.76 bits per heavy atom. The summed E-state index contributed by atoms with van der Waals surface area (Å²) in [5.74, 6) is -1.01. The summed E-state index contributed by atoms with van der Waals surface area (Å²) in [5, 5.41) is 11.1. The van der Waals surface area contributed by atoms with Crippen molar-refractivity contribution in [1.82, 2.24) is 10.4 Å². The van der Waals surface area contributed by atoms with Crippen molar-refractivity contribution in [1.29, 1.82) is 0 Å². The number of nitrogens with one attached hydrogen (secondary N) is 1. The number of ether oxygens (including phenoxy) is 1. The van der Waals surface area contributed by atoms with Gasteiger partial charge in [0.15, 0.2) is 0 Å². The first kappa shape index (κ1) is 19.2.